The van der Waals surface area contributed by atoms with Gasteiger partial charge in [0.2, 0.25) is 0 Å². The maximum atomic E-state index is 6.56. The molecule has 2 atom stereocenters. The van der Waals surface area contributed by atoms with Gasteiger partial charge >= 0.3 is 0 Å². The highest BCUT2D eigenvalue weighted by atomic mass is 16.5. The molecule has 1 saturated carbocycles. The summed E-state index contributed by atoms with van der Waals surface area (Å²) >= 11 is 0. The molecular weight excluding hydrogens is 162 g/mol. The predicted octanol–water partition coefficient (Wildman–Crippen LogP) is 1.93. The highest BCUT2D eigenvalue weighted by Gasteiger charge is 2.51. The van der Waals surface area contributed by atoms with Crippen molar-refractivity contribution in [1.82, 2.24) is 0 Å². The Morgan fingerprint density at radius 1 is 1.31 bits per heavy atom. The van der Waals surface area contributed by atoms with Crippen LogP contribution in [0.1, 0.15) is 39.5 Å². The Balaban J connectivity index is 2.17. The van der Waals surface area contributed by atoms with Crippen molar-refractivity contribution in [3.8, 4) is 0 Å². The van der Waals surface area contributed by atoms with E-state index in [1.807, 2.05) is 0 Å². The van der Waals surface area contributed by atoms with Crippen LogP contribution >= 0.6 is 0 Å². The van der Waals surface area contributed by atoms with E-state index in [4.69, 9.17) is 10.5 Å². The minimum Gasteiger partial charge on any atom is -0.381 e. The summed E-state index contributed by atoms with van der Waals surface area (Å²) in [7, 11) is 0. The first kappa shape index (κ1) is 9.47. The molecule has 76 valence electrons. The van der Waals surface area contributed by atoms with Gasteiger partial charge in [0.25, 0.3) is 0 Å². The fourth-order valence-electron chi connectivity index (χ4n) is 3.09. The third kappa shape index (κ3) is 1.31. The number of hydrogen-bond donors (Lipinski definition) is 1. The Bertz CT molecular complexity index is 196. The Labute approximate surface area is 80.8 Å². The molecule has 0 spiro atoms. The zero-order valence-electron chi connectivity index (χ0n) is 8.81. The Morgan fingerprint density at radius 3 is 2.54 bits per heavy atom. The van der Waals surface area contributed by atoms with Crippen molar-refractivity contribution in [3.05, 3.63) is 0 Å². The van der Waals surface area contributed by atoms with E-state index in [2.05, 4.69) is 13.8 Å². The summed E-state index contributed by atoms with van der Waals surface area (Å²) in [5, 5.41) is 0. The van der Waals surface area contributed by atoms with Gasteiger partial charge < -0.3 is 10.5 Å². The van der Waals surface area contributed by atoms with E-state index < -0.39 is 0 Å². The van der Waals surface area contributed by atoms with Crippen LogP contribution in [0.4, 0.5) is 0 Å². The van der Waals surface area contributed by atoms with Crippen molar-refractivity contribution >= 4 is 0 Å². The van der Waals surface area contributed by atoms with Crippen molar-refractivity contribution in [1.29, 1.82) is 0 Å². The molecule has 1 heterocycles. The fourth-order valence-corrected chi connectivity index (χ4v) is 3.09. The SMILES string of the molecule is CC1(C)CCCC1(N)C1CCOC1. The summed E-state index contributed by atoms with van der Waals surface area (Å²) in [6, 6.07) is 0. The quantitative estimate of drug-likeness (QED) is 0.674. The minimum atomic E-state index is 0.0451. The molecule has 2 nitrogen and oxygen atoms in total. The normalized spacial score (nSPS) is 44.1. The van der Waals surface area contributed by atoms with E-state index in [0.29, 0.717) is 11.3 Å². The molecule has 2 fully saturated rings. The van der Waals surface area contributed by atoms with Gasteiger partial charge in [0.1, 0.15) is 0 Å². The zero-order chi connectivity index (χ0) is 9.53. The molecule has 1 aliphatic heterocycles. The summed E-state index contributed by atoms with van der Waals surface area (Å²) in [5.74, 6) is 0.602. The Hall–Kier alpha value is -0.0800. The third-order valence-electron chi connectivity index (χ3n) is 4.31. The Morgan fingerprint density at radius 2 is 2.08 bits per heavy atom. The summed E-state index contributed by atoms with van der Waals surface area (Å²) in [6.45, 7) is 6.44. The van der Waals surface area contributed by atoms with Gasteiger partial charge in [-0.05, 0) is 24.7 Å². The molecule has 2 aliphatic rings. The first-order valence-electron chi connectivity index (χ1n) is 5.43. The number of ether oxygens (including phenoxy) is 1. The molecule has 1 saturated heterocycles. The first-order valence-corrected chi connectivity index (χ1v) is 5.43. The smallest absolute Gasteiger partial charge is 0.0512 e. The molecule has 2 heteroatoms. The lowest BCUT2D eigenvalue weighted by molar-refractivity contribution is 0.105. The molecule has 2 rings (SSSR count). The minimum absolute atomic E-state index is 0.0451. The largest absolute Gasteiger partial charge is 0.381 e. The monoisotopic (exact) mass is 183 g/mol. The summed E-state index contributed by atoms with van der Waals surface area (Å²) < 4.78 is 5.45. The summed E-state index contributed by atoms with van der Waals surface area (Å²) in [5.41, 5.74) is 6.92. The molecule has 0 radical (unpaired) electrons. The van der Waals surface area contributed by atoms with Crippen LogP contribution in [0.3, 0.4) is 0 Å². The maximum absolute atomic E-state index is 6.56. The van der Waals surface area contributed by atoms with Gasteiger partial charge in [0.15, 0.2) is 0 Å². The summed E-state index contributed by atoms with van der Waals surface area (Å²) in [4.78, 5) is 0. The van der Waals surface area contributed by atoms with Gasteiger partial charge in [-0.1, -0.05) is 20.3 Å². The molecule has 0 amide bonds. The van der Waals surface area contributed by atoms with Crippen LogP contribution in [-0.4, -0.2) is 18.8 Å². The van der Waals surface area contributed by atoms with Crippen molar-refractivity contribution in [3.63, 3.8) is 0 Å². The van der Waals surface area contributed by atoms with Crippen molar-refractivity contribution < 1.29 is 4.74 Å². The third-order valence-corrected chi connectivity index (χ3v) is 4.31. The van der Waals surface area contributed by atoms with Gasteiger partial charge in [-0.3, -0.25) is 0 Å². The molecule has 13 heavy (non-hydrogen) atoms. The van der Waals surface area contributed by atoms with Crippen LogP contribution in [0, 0.1) is 11.3 Å². The molecule has 0 aromatic carbocycles. The van der Waals surface area contributed by atoms with Crippen LogP contribution in [0.2, 0.25) is 0 Å². The van der Waals surface area contributed by atoms with E-state index in [9.17, 15) is 0 Å². The topological polar surface area (TPSA) is 35.2 Å². The van der Waals surface area contributed by atoms with E-state index in [1.165, 1.54) is 25.7 Å². The van der Waals surface area contributed by atoms with Crippen molar-refractivity contribution in [2.45, 2.75) is 45.1 Å². The van der Waals surface area contributed by atoms with Crippen LogP contribution in [0.15, 0.2) is 0 Å². The van der Waals surface area contributed by atoms with Gasteiger partial charge in [0, 0.05) is 18.1 Å². The number of hydrogen-bond acceptors (Lipinski definition) is 2. The number of nitrogens with two attached hydrogens (primary N) is 1. The molecule has 1 aliphatic carbocycles. The molecule has 0 aromatic rings. The molecular formula is C11H21NO. The van der Waals surface area contributed by atoms with Crippen LogP contribution in [-0.2, 0) is 4.74 Å². The van der Waals surface area contributed by atoms with Gasteiger partial charge in [-0.25, -0.2) is 0 Å². The van der Waals surface area contributed by atoms with Crippen LogP contribution in [0.25, 0.3) is 0 Å². The second-order valence-corrected chi connectivity index (χ2v) is 5.34. The van der Waals surface area contributed by atoms with E-state index in [1.54, 1.807) is 0 Å². The van der Waals surface area contributed by atoms with Crippen molar-refractivity contribution in [2.75, 3.05) is 13.2 Å². The van der Waals surface area contributed by atoms with Gasteiger partial charge in [-0.15, -0.1) is 0 Å². The highest BCUT2D eigenvalue weighted by molar-refractivity contribution is 5.07. The molecule has 0 aromatic heterocycles. The zero-order valence-corrected chi connectivity index (χ0v) is 8.81. The van der Waals surface area contributed by atoms with Crippen LogP contribution < -0.4 is 5.73 Å². The van der Waals surface area contributed by atoms with E-state index >= 15 is 0 Å². The average Bonchev–Trinajstić information content (AvgIpc) is 2.61. The lowest BCUT2D eigenvalue weighted by Gasteiger charge is -2.42. The van der Waals surface area contributed by atoms with Crippen LogP contribution in [0.5, 0.6) is 0 Å². The van der Waals surface area contributed by atoms with Gasteiger partial charge in [0.05, 0.1) is 6.61 Å². The van der Waals surface area contributed by atoms with Crippen molar-refractivity contribution in [2.24, 2.45) is 17.1 Å². The summed E-state index contributed by atoms with van der Waals surface area (Å²) in [6.07, 6.45) is 4.92. The molecule has 2 unspecified atom stereocenters. The van der Waals surface area contributed by atoms with Gasteiger partial charge in [-0.2, -0.15) is 0 Å². The van der Waals surface area contributed by atoms with E-state index in [0.717, 1.165) is 13.2 Å². The fraction of sp³-hybridized carbons (Fsp3) is 1.00. The van der Waals surface area contributed by atoms with E-state index in [-0.39, 0.29) is 5.54 Å². The second kappa shape index (κ2) is 2.96. The standard InChI is InChI=1S/C11H21NO/c1-10(2)5-3-6-11(10,12)9-4-7-13-8-9/h9H,3-8,12H2,1-2H3. The lowest BCUT2D eigenvalue weighted by Crippen LogP contribution is -2.55. The average molecular weight is 183 g/mol. The molecule has 2 N–H and O–H groups in total. The Kier molecular flexibility index (Phi) is 2.16. The predicted molar refractivity (Wildman–Crippen MR) is 53.5 cm³/mol. The molecule has 0 bridgehead atoms. The number of rotatable bonds is 1. The second-order valence-electron chi connectivity index (χ2n) is 5.34. The maximum Gasteiger partial charge on any atom is 0.0512 e. The highest BCUT2D eigenvalue weighted by Crippen LogP contribution is 2.50. The lowest BCUT2D eigenvalue weighted by atomic mass is 9.68. The first-order chi connectivity index (χ1) is 6.06.